The number of nitrogens with zero attached hydrogens (tertiary/aromatic N) is 4. The molecule has 0 amide bonds. The highest BCUT2D eigenvalue weighted by Crippen LogP contribution is 2.29. The number of azo groups is 1. The van der Waals surface area contributed by atoms with Crippen molar-refractivity contribution in [2.75, 3.05) is 0 Å². The van der Waals surface area contributed by atoms with Crippen molar-refractivity contribution >= 4 is 33.1 Å². The van der Waals surface area contributed by atoms with Crippen LogP contribution < -0.4 is 0 Å². The fourth-order valence-electron chi connectivity index (χ4n) is 1.91. The van der Waals surface area contributed by atoms with Crippen molar-refractivity contribution in [1.82, 2.24) is 9.38 Å². The van der Waals surface area contributed by atoms with Crippen LogP contribution in [0.4, 0.5) is 11.5 Å². The Kier molecular flexibility index (Phi) is 3.23. The van der Waals surface area contributed by atoms with E-state index in [0.717, 1.165) is 10.2 Å². The number of benzene rings is 1. The maximum Gasteiger partial charge on any atom is 0.182 e. The fraction of sp³-hybridized carbons (Fsp3) is 0.0714. The van der Waals surface area contributed by atoms with Crippen LogP contribution in [-0.2, 0) is 0 Å². The van der Waals surface area contributed by atoms with Gasteiger partial charge in [0.2, 0.25) is 0 Å². The minimum absolute atomic E-state index is 0.123. The molecule has 0 fully saturated rings. The van der Waals surface area contributed by atoms with Gasteiger partial charge in [0.15, 0.2) is 17.2 Å². The Hall–Kier alpha value is -2.21. The Morgan fingerprint density at radius 2 is 1.95 bits per heavy atom. The highest BCUT2D eigenvalue weighted by molar-refractivity contribution is 9.10. The normalized spacial score (nSPS) is 11.5. The number of halogens is 1. The van der Waals surface area contributed by atoms with Gasteiger partial charge in [0.1, 0.15) is 0 Å². The van der Waals surface area contributed by atoms with Gasteiger partial charge in [-0.05, 0) is 47.1 Å². The molecule has 0 radical (unpaired) electrons. The molecule has 0 atom stereocenters. The molecule has 2 heterocycles. The third-order valence-corrected chi connectivity index (χ3v) is 3.55. The SMILES string of the molecule is Cc1nc2c(O)cccn2c1N=Nc1ccccc1Br. The molecule has 0 spiro atoms. The predicted molar refractivity (Wildman–Crippen MR) is 79.9 cm³/mol. The maximum absolute atomic E-state index is 9.78. The molecule has 5 nitrogen and oxygen atoms in total. The number of hydrogen-bond acceptors (Lipinski definition) is 4. The first-order chi connectivity index (χ1) is 9.66. The molecule has 20 heavy (non-hydrogen) atoms. The molecule has 0 bridgehead atoms. The van der Waals surface area contributed by atoms with Gasteiger partial charge in [-0.3, -0.25) is 4.40 Å². The lowest BCUT2D eigenvalue weighted by molar-refractivity contribution is 0.477. The Morgan fingerprint density at radius 1 is 1.15 bits per heavy atom. The number of rotatable bonds is 2. The molecule has 3 rings (SSSR count). The Morgan fingerprint density at radius 3 is 2.75 bits per heavy atom. The molecule has 0 aliphatic heterocycles. The number of aromatic nitrogens is 2. The van der Waals surface area contributed by atoms with Gasteiger partial charge in [0.05, 0.1) is 11.4 Å². The third-order valence-electron chi connectivity index (χ3n) is 2.88. The van der Waals surface area contributed by atoms with E-state index in [2.05, 4.69) is 31.1 Å². The zero-order valence-electron chi connectivity index (χ0n) is 10.7. The molecular formula is C14H11BrN4O. The number of hydrogen-bond donors (Lipinski definition) is 1. The van der Waals surface area contributed by atoms with Gasteiger partial charge in [-0.1, -0.05) is 12.1 Å². The predicted octanol–water partition coefficient (Wildman–Crippen LogP) is 4.53. The summed E-state index contributed by atoms with van der Waals surface area (Å²) < 4.78 is 2.59. The van der Waals surface area contributed by atoms with E-state index in [9.17, 15) is 5.11 Å². The second-order valence-corrected chi connectivity index (χ2v) is 5.11. The fourth-order valence-corrected chi connectivity index (χ4v) is 2.27. The summed E-state index contributed by atoms with van der Waals surface area (Å²) in [5.74, 6) is 0.726. The van der Waals surface area contributed by atoms with E-state index in [-0.39, 0.29) is 5.75 Å². The van der Waals surface area contributed by atoms with E-state index in [1.165, 1.54) is 0 Å². The second-order valence-electron chi connectivity index (χ2n) is 4.26. The molecule has 0 saturated carbocycles. The van der Waals surface area contributed by atoms with Crippen LogP contribution in [0.5, 0.6) is 5.75 Å². The van der Waals surface area contributed by atoms with Gasteiger partial charge in [0.25, 0.3) is 0 Å². The molecule has 6 heteroatoms. The summed E-state index contributed by atoms with van der Waals surface area (Å²) in [6.07, 6.45) is 1.80. The van der Waals surface area contributed by atoms with Gasteiger partial charge in [-0.2, -0.15) is 0 Å². The van der Waals surface area contributed by atoms with Crippen molar-refractivity contribution in [3.05, 3.63) is 52.8 Å². The third kappa shape index (κ3) is 2.18. The number of pyridine rings is 1. The zero-order chi connectivity index (χ0) is 14.1. The van der Waals surface area contributed by atoms with Crippen molar-refractivity contribution in [2.24, 2.45) is 10.2 Å². The number of aromatic hydroxyl groups is 1. The van der Waals surface area contributed by atoms with Crippen LogP contribution in [0.2, 0.25) is 0 Å². The zero-order valence-corrected chi connectivity index (χ0v) is 12.2. The summed E-state index contributed by atoms with van der Waals surface area (Å²) >= 11 is 3.42. The average Bonchev–Trinajstić information content (AvgIpc) is 2.76. The summed E-state index contributed by atoms with van der Waals surface area (Å²) in [7, 11) is 0. The topological polar surface area (TPSA) is 62.2 Å². The van der Waals surface area contributed by atoms with Crippen molar-refractivity contribution in [2.45, 2.75) is 6.92 Å². The Bertz CT molecular complexity index is 810. The van der Waals surface area contributed by atoms with Crippen LogP contribution in [-0.4, -0.2) is 14.5 Å². The van der Waals surface area contributed by atoms with Crippen LogP contribution in [0.15, 0.2) is 57.3 Å². The molecular weight excluding hydrogens is 320 g/mol. The van der Waals surface area contributed by atoms with E-state index in [1.807, 2.05) is 31.2 Å². The smallest absolute Gasteiger partial charge is 0.182 e. The van der Waals surface area contributed by atoms with E-state index in [4.69, 9.17) is 0 Å². The summed E-state index contributed by atoms with van der Waals surface area (Å²) in [6, 6.07) is 10.9. The van der Waals surface area contributed by atoms with E-state index in [1.54, 1.807) is 22.7 Å². The highest BCUT2D eigenvalue weighted by Gasteiger charge is 2.10. The summed E-state index contributed by atoms with van der Waals surface area (Å²) in [6.45, 7) is 1.83. The first-order valence-electron chi connectivity index (χ1n) is 6.00. The van der Waals surface area contributed by atoms with Gasteiger partial charge < -0.3 is 5.11 Å². The van der Waals surface area contributed by atoms with Gasteiger partial charge in [0, 0.05) is 10.7 Å². The van der Waals surface area contributed by atoms with E-state index in [0.29, 0.717) is 17.2 Å². The van der Waals surface area contributed by atoms with Crippen LogP contribution in [0.3, 0.4) is 0 Å². The lowest BCUT2D eigenvalue weighted by Gasteiger charge is -1.98. The first kappa shape index (κ1) is 12.8. The van der Waals surface area contributed by atoms with Crippen LogP contribution in [0.1, 0.15) is 5.69 Å². The average molecular weight is 331 g/mol. The molecule has 3 aromatic rings. The maximum atomic E-state index is 9.78. The Balaban J connectivity index is 2.10. The first-order valence-corrected chi connectivity index (χ1v) is 6.79. The summed E-state index contributed by atoms with van der Waals surface area (Å²) in [5, 5.41) is 18.3. The summed E-state index contributed by atoms with van der Waals surface area (Å²) in [4.78, 5) is 4.29. The molecule has 1 N–H and O–H groups in total. The lowest BCUT2D eigenvalue weighted by Crippen LogP contribution is -1.82. The molecule has 0 aliphatic rings. The van der Waals surface area contributed by atoms with Crippen LogP contribution in [0.25, 0.3) is 5.65 Å². The van der Waals surface area contributed by atoms with Gasteiger partial charge >= 0.3 is 0 Å². The van der Waals surface area contributed by atoms with E-state index < -0.39 is 0 Å². The molecule has 2 aromatic heterocycles. The monoisotopic (exact) mass is 330 g/mol. The molecule has 100 valence electrons. The summed E-state index contributed by atoms with van der Waals surface area (Å²) in [5.41, 5.74) is 1.93. The van der Waals surface area contributed by atoms with E-state index >= 15 is 0 Å². The number of aryl methyl sites for hydroxylation is 1. The molecule has 0 unspecified atom stereocenters. The van der Waals surface area contributed by atoms with Crippen LogP contribution in [0, 0.1) is 6.92 Å². The van der Waals surface area contributed by atoms with Gasteiger partial charge in [-0.25, -0.2) is 4.98 Å². The highest BCUT2D eigenvalue weighted by atomic mass is 79.9. The number of imidazole rings is 1. The lowest BCUT2D eigenvalue weighted by atomic mass is 10.3. The quantitative estimate of drug-likeness (QED) is 0.702. The number of fused-ring (bicyclic) bond motifs is 1. The molecule has 0 aliphatic carbocycles. The van der Waals surface area contributed by atoms with Crippen LogP contribution >= 0.6 is 15.9 Å². The standard InChI is InChI=1S/C14H11BrN4O/c1-9-13(18-17-11-6-3-2-5-10(11)15)19-8-4-7-12(20)14(19)16-9/h2-8,20H,1H3. The molecule has 0 saturated heterocycles. The van der Waals surface area contributed by atoms with Crippen molar-refractivity contribution in [3.63, 3.8) is 0 Å². The Labute approximate surface area is 123 Å². The minimum Gasteiger partial charge on any atom is -0.504 e. The van der Waals surface area contributed by atoms with Crippen molar-refractivity contribution in [1.29, 1.82) is 0 Å². The minimum atomic E-state index is 0.123. The van der Waals surface area contributed by atoms with Crippen molar-refractivity contribution in [3.8, 4) is 5.75 Å². The van der Waals surface area contributed by atoms with Crippen molar-refractivity contribution < 1.29 is 5.11 Å². The second kappa shape index (κ2) is 5.05. The molecule has 1 aromatic carbocycles. The van der Waals surface area contributed by atoms with Gasteiger partial charge in [-0.15, -0.1) is 10.2 Å². The largest absolute Gasteiger partial charge is 0.504 e.